The number of hydrogen-bond donors (Lipinski definition) is 2. The summed E-state index contributed by atoms with van der Waals surface area (Å²) < 4.78 is 10.8. The molecule has 2 N–H and O–H groups in total. The molecule has 8 nitrogen and oxygen atoms in total. The van der Waals surface area contributed by atoms with Gasteiger partial charge in [-0.2, -0.15) is 0 Å². The van der Waals surface area contributed by atoms with Gasteiger partial charge >= 0.3 is 0 Å². The number of hydrogen-bond acceptors (Lipinski definition) is 5. The SMILES string of the molecule is COc1ccc([C@H]2[C@@H](C(=O)NCCc3cnc[nH]3)c3ccccc3C(=O)N2C)cc1OC. The lowest BCUT2D eigenvalue weighted by atomic mass is 9.79. The van der Waals surface area contributed by atoms with Crippen molar-refractivity contribution in [2.24, 2.45) is 0 Å². The predicted octanol–water partition coefficient (Wildman–Crippen LogP) is 2.70. The van der Waals surface area contributed by atoms with Crippen LogP contribution in [-0.4, -0.2) is 54.5 Å². The number of aromatic amines is 1. The molecule has 0 fully saturated rings. The molecule has 2 atom stereocenters. The van der Waals surface area contributed by atoms with Crippen molar-refractivity contribution in [1.82, 2.24) is 20.2 Å². The van der Waals surface area contributed by atoms with E-state index < -0.39 is 12.0 Å². The molecule has 0 radical (unpaired) electrons. The molecule has 166 valence electrons. The van der Waals surface area contributed by atoms with E-state index in [-0.39, 0.29) is 11.8 Å². The third kappa shape index (κ3) is 3.91. The summed E-state index contributed by atoms with van der Waals surface area (Å²) in [5.41, 5.74) is 3.00. The second kappa shape index (κ2) is 9.13. The van der Waals surface area contributed by atoms with Crippen LogP contribution in [0, 0.1) is 0 Å². The van der Waals surface area contributed by atoms with Crippen molar-refractivity contribution < 1.29 is 19.1 Å². The van der Waals surface area contributed by atoms with E-state index in [1.54, 1.807) is 50.8 Å². The van der Waals surface area contributed by atoms with E-state index in [0.717, 1.165) is 16.8 Å². The van der Waals surface area contributed by atoms with Crippen LogP contribution >= 0.6 is 0 Å². The highest BCUT2D eigenvalue weighted by atomic mass is 16.5. The maximum atomic E-state index is 13.5. The Kier molecular flexibility index (Phi) is 6.11. The standard InChI is InChI=1S/C24H26N4O4/c1-28-22(15-8-9-19(31-2)20(12-15)32-3)21(17-6-4-5-7-18(17)24(28)30)23(29)26-11-10-16-13-25-14-27-16/h4-9,12-14,21-22H,10-11H2,1-3H3,(H,25,27)(H,26,29)/t21-,22-/m0/s1. The molecule has 2 heterocycles. The number of carbonyl (C=O) groups excluding carboxylic acids is 2. The fourth-order valence-electron chi connectivity index (χ4n) is 4.26. The molecule has 8 heteroatoms. The topological polar surface area (TPSA) is 96.5 Å². The number of imidazole rings is 1. The van der Waals surface area contributed by atoms with Gasteiger partial charge in [0.25, 0.3) is 5.91 Å². The lowest BCUT2D eigenvalue weighted by Crippen LogP contribution is -2.46. The van der Waals surface area contributed by atoms with Crippen molar-refractivity contribution in [3.05, 3.63) is 77.4 Å². The van der Waals surface area contributed by atoms with Gasteiger partial charge < -0.3 is 24.7 Å². The summed E-state index contributed by atoms with van der Waals surface area (Å²) in [5, 5.41) is 3.04. The predicted molar refractivity (Wildman–Crippen MR) is 119 cm³/mol. The fraction of sp³-hybridized carbons (Fsp3) is 0.292. The fourth-order valence-corrected chi connectivity index (χ4v) is 4.26. The van der Waals surface area contributed by atoms with E-state index in [2.05, 4.69) is 15.3 Å². The first-order chi connectivity index (χ1) is 15.5. The summed E-state index contributed by atoms with van der Waals surface area (Å²) in [6.45, 7) is 0.454. The van der Waals surface area contributed by atoms with Crippen LogP contribution in [0.5, 0.6) is 11.5 Å². The summed E-state index contributed by atoms with van der Waals surface area (Å²) >= 11 is 0. The van der Waals surface area contributed by atoms with Crippen molar-refractivity contribution in [3.63, 3.8) is 0 Å². The Morgan fingerprint density at radius 2 is 1.94 bits per heavy atom. The molecule has 0 bridgehead atoms. The van der Waals surface area contributed by atoms with Gasteiger partial charge in [-0.25, -0.2) is 4.98 Å². The molecule has 1 aromatic heterocycles. The van der Waals surface area contributed by atoms with Crippen LogP contribution in [0.1, 0.15) is 39.1 Å². The number of aromatic nitrogens is 2. The summed E-state index contributed by atoms with van der Waals surface area (Å²) in [4.78, 5) is 35.3. The highest BCUT2D eigenvalue weighted by Gasteiger charge is 2.42. The molecule has 0 aliphatic carbocycles. The zero-order chi connectivity index (χ0) is 22.7. The van der Waals surface area contributed by atoms with Crippen molar-refractivity contribution >= 4 is 11.8 Å². The minimum Gasteiger partial charge on any atom is -0.493 e. The number of methoxy groups -OCH3 is 2. The van der Waals surface area contributed by atoms with Gasteiger partial charge in [0.05, 0.1) is 32.5 Å². The monoisotopic (exact) mass is 434 g/mol. The van der Waals surface area contributed by atoms with E-state index in [1.807, 2.05) is 30.3 Å². The van der Waals surface area contributed by atoms with Crippen LogP contribution in [0.4, 0.5) is 0 Å². The molecule has 3 aromatic rings. The number of H-pyrrole nitrogens is 1. The lowest BCUT2D eigenvalue weighted by Gasteiger charge is -2.40. The first kappa shape index (κ1) is 21.4. The third-order valence-corrected chi connectivity index (χ3v) is 5.86. The number of likely N-dealkylation sites (N-methyl/N-ethyl adjacent to an activating group) is 1. The second-order valence-electron chi connectivity index (χ2n) is 7.66. The van der Waals surface area contributed by atoms with Crippen molar-refractivity contribution in [2.75, 3.05) is 27.8 Å². The van der Waals surface area contributed by atoms with Crippen molar-refractivity contribution in [3.8, 4) is 11.5 Å². The van der Waals surface area contributed by atoms with E-state index in [1.165, 1.54) is 0 Å². The Morgan fingerprint density at radius 1 is 1.16 bits per heavy atom. The Labute approximate surface area is 186 Å². The molecule has 1 aliphatic rings. The van der Waals surface area contributed by atoms with Crippen LogP contribution in [0.15, 0.2) is 55.0 Å². The number of amides is 2. The number of benzene rings is 2. The average Bonchev–Trinajstić information content (AvgIpc) is 3.34. The summed E-state index contributed by atoms with van der Waals surface area (Å²) in [5.74, 6) is 0.289. The first-order valence-corrected chi connectivity index (χ1v) is 10.4. The molecule has 32 heavy (non-hydrogen) atoms. The zero-order valence-electron chi connectivity index (χ0n) is 18.3. The van der Waals surface area contributed by atoms with Gasteiger partial charge in [-0.3, -0.25) is 9.59 Å². The average molecular weight is 434 g/mol. The zero-order valence-corrected chi connectivity index (χ0v) is 18.3. The maximum absolute atomic E-state index is 13.5. The highest BCUT2D eigenvalue weighted by molar-refractivity contribution is 6.01. The molecular weight excluding hydrogens is 408 g/mol. The molecule has 0 saturated heterocycles. The number of ether oxygens (including phenoxy) is 2. The largest absolute Gasteiger partial charge is 0.493 e. The van der Waals surface area contributed by atoms with Gasteiger partial charge in [-0.1, -0.05) is 24.3 Å². The van der Waals surface area contributed by atoms with E-state index in [9.17, 15) is 9.59 Å². The van der Waals surface area contributed by atoms with Gasteiger partial charge in [0.1, 0.15) is 0 Å². The normalized spacial score (nSPS) is 17.6. The second-order valence-corrected chi connectivity index (χ2v) is 7.66. The van der Waals surface area contributed by atoms with Gasteiger partial charge in [0.2, 0.25) is 5.91 Å². The Bertz CT molecular complexity index is 1110. The van der Waals surface area contributed by atoms with Crippen LogP contribution in [0.3, 0.4) is 0 Å². The van der Waals surface area contributed by atoms with Crippen molar-refractivity contribution in [2.45, 2.75) is 18.4 Å². The Morgan fingerprint density at radius 3 is 2.66 bits per heavy atom. The quantitative estimate of drug-likeness (QED) is 0.596. The number of rotatable bonds is 7. The third-order valence-electron chi connectivity index (χ3n) is 5.86. The summed E-state index contributed by atoms with van der Waals surface area (Å²) in [6.07, 6.45) is 3.99. The van der Waals surface area contributed by atoms with E-state index >= 15 is 0 Å². The number of carbonyl (C=O) groups is 2. The van der Waals surface area contributed by atoms with Gasteiger partial charge in [-0.05, 0) is 29.3 Å². The van der Waals surface area contributed by atoms with Crippen molar-refractivity contribution in [1.29, 1.82) is 0 Å². The van der Waals surface area contributed by atoms with Crippen LogP contribution < -0.4 is 14.8 Å². The minimum absolute atomic E-state index is 0.123. The minimum atomic E-state index is -0.575. The summed E-state index contributed by atoms with van der Waals surface area (Å²) in [6, 6.07) is 12.3. The van der Waals surface area contributed by atoms with Crippen LogP contribution in [0.2, 0.25) is 0 Å². The van der Waals surface area contributed by atoms with Crippen LogP contribution in [0.25, 0.3) is 0 Å². The number of nitrogens with one attached hydrogen (secondary N) is 2. The van der Waals surface area contributed by atoms with Crippen LogP contribution in [-0.2, 0) is 11.2 Å². The number of fused-ring (bicyclic) bond motifs is 1. The molecule has 0 unspecified atom stereocenters. The Balaban J connectivity index is 1.71. The molecule has 0 spiro atoms. The lowest BCUT2D eigenvalue weighted by molar-refractivity contribution is -0.124. The summed E-state index contributed by atoms with van der Waals surface area (Å²) in [7, 11) is 4.86. The first-order valence-electron chi connectivity index (χ1n) is 10.4. The molecule has 4 rings (SSSR count). The van der Waals surface area contributed by atoms with Gasteiger partial charge in [-0.15, -0.1) is 0 Å². The molecule has 2 aromatic carbocycles. The maximum Gasteiger partial charge on any atom is 0.254 e. The number of nitrogens with zero attached hydrogens (tertiary/aromatic N) is 2. The van der Waals surface area contributed by atoms with Gasteiger partial charge in [0, 0.05) is 37.5 Å². The highest BCUT2D eigenvalue weighted by Crippen LogP contribution is 2.43. The van der Waals surface area contributed by atoms with E-state index in [0.29, 0.717) is 30.0 Å². The smallest absolute Gasteiger partial charge is 0.254 e. The molecule has 1 aliphatic heterocycles. The molecule has 2 amide bonds. The Hall–Kier alpha value is -3.81. The molecule has 0 saturated carbocycles. The van der Waals surface area contributed by atoms with Gasteiger partial charge in [0.15, 0.2) is 11.5 Å². The van der Waals surface area contributed by atoms with E-state index in [4.69, 9.17) is 9.47 Å². The molecular formula is C24H26N4O4.